The third-order valence-electron chi connectivity index (χ3n) is 5.85. The van der Waals surface area contributed by atoms with Crippen molar-refractivity contribution in [3.05, 3.63) is 52.4 Å². The number of azo groups is 1. The van der Waals surface area contributed by atoms with Crippen molar-refractivity contribution in [2.75, 3.05) is 12.0 Å². The minimum Gasteiger partial charge on any atom is -0.382 e. The first-order valence-corrected chi connectivity index (χ1v) is 11.5. The summed E-state index contributed by atoms with van der Waals surface area (Å²) in [5.41, 5.74) is -0.758. The van der Waals surface area contributed by atoms with Crippen LogP contribution in [0, 0.1) is 11.3 Å². The molecule has 3 aromatic rings. The van der Waals surface area contributed by atoms with E-state index in [1.54, 1.807) is 6.07 Å². The van der Waals surface area contributed by atoms with Gasteiger partial charge in [0.2, 0.25) is 0 Å². The van der Waals surface area contributed by atoms with Crippen molar-refractivity contribution in [1.82, 2.24) is 14.8 Å². The second kappa shape index (κ2) is 10.6. The van der Waals surface area contributed by atoms with Crippen molar-refractivity contribution in [1.29, 1.82) is 5.26 Å². The van der Waals surface area contributed by atoms with E-state index in [9.17, 15) is 27.6 Å². The molecule has 8 nitrogen and oxygen atoms in total. The van der Waals surface area contributed by atoms with Gasteiger partial charge in [-0.3, -0.25) is 9.48 Å². The number of carbonyl (C=O) groups is 1. The van der Waals surface area contributed by atoms with Crippen molar-refractivity contribution in [2.45, 2.75) is 50.5 Å². The molecule has 188 valence electrons. The summed E-state index contributed by atoms with van der Waals surface area (Å²) >= 11 is 6.07. The number of halogens is 5. The molecule has 1 N–H and O–H groups in total. The normalized spacial score (nSPS) is 18.4. The van der Waals surface area contributed by atoms with Gasteiger partial charge in [-0.15, -0.1) is 5.11 Å². The molecule has 4 rings (SSSR count). The smallest absolute Gasteiger partial charge is 0.382 e. The van der Waals surface area contributed by atoms with Crippen molar-refractivity contribution < 1.29 is 22.4 Å². The number of aryl methyl sites for hydroxylation is 1. The highest BCUT2D eigenvalue weighted by Gasteiger charge is 2.34. The zero-order chi connectivity index (χ0) is 25.9. The number of hydrogen-bond acceptors (Lipinski definition) is 6. The van der Waals surface area contributed by atoms with Gasteiger partial charge in [0.1, 0.15) is 18.4 Å². The minimum absolute atomic E-state index is 0.0694. The summed E-state index contributed by atoms with van der Waals surface area (Å²) in [7, 11) is 0. The number of alkyl halides is 4. The lowest BCUT2D eigenvalue weighted by molar-refractivity contribution is -0.140. The summed E-state index contributed by atoms with van der Waals surface area (Å²) in [6, 6.07) is 6.67. The lowest BCUT2D eigenvalue weighted by Crippen LogP contribution is -2.29. The Balaban J connectivity index is 1.51. The average molecular weight is 522 g/mol. The third-order valence-corrected chi connectivity index (χ3v) is 6.09. The van der Waals surface area contributed by atoms with Crippen LogP contribution in [0.3, 0.4) is 0 Å². The molecule has 0 spiro atoms. The van der Waals surface area contributed by atoms with E-state index < -0.39 is 24.5 Å². The Morgan fingerprint density at radius 3 is 2.83 bits per heavy atom. The van der Waals surface area contributed by atoms with E-state index in [4.69, 9.17) is 11.6 Å². The lowest BCUT2D eigenvalue weighted by Gasteiger charge is -2.28. The van der Waals surface area contributed by atoms with Crippen LogP contribution >= 0.6 is 11.6 Å². The van der Waals surface area contributed by atoms with Crippen molar-refractivity contribution >= 4 is 34.1 Å². The van der Waals surface area contributed by atoms with Crippen LogP contribution in [0.1, 0.15) is 47.4 Å². The van der Waals surface area contributed by atoms with Crippen LogP contribution in [0.4, 0.5) is 23.2 Å². The van der Waals surface area contributed by atoms with Gasteiger partial charge in [-0.2, -0.15) is 28.6 Å². The SMILES string of the molecule is N#Cc1c(C(=O)/N=N/C2CCC[C@H](Nc3cc(C(F)(F)F)nc4ccc(Cl)cc34)C2)cnn1CCF. The standard InChI is InChI=1S/C23H20ClF4N7O/c24-13-4-5-18-16(8-13)19(10-21(32-18)23(26,27)28)31-14-2-1-3-15(9-14)33-34-22(36)17-12-30-35(7-6-25)20(17)11-29/h4-5,8,10,12,14-15H,1-3,6-7,9H2,(H,31,32)/b34-33+/t14-,15?/m0/s1. The number of fused-ring (bicyclic) bond motifs is 1. The number of nitriles is 1. The van der Waals surface area contributed by atoms with Crippen molar-refractivity contribution in [2.24, 2.45) is 10.2 Å². The molecule has 1 aliphatic rings. The van der Waals surface area contributed by atoms with E-state index in [2.05, 4.69) is 25.6 Å². The molecular formula is C23H20ClF4N7O. The number of aromatic nitrogens is 3. The summed E-state index contributed by atoms with van der Waals surface area (Å²) < 4.78 is 53.9. The predicted molar refractivity (Wildman–Crippen MR) is 124 cm³/mol. The van der Waals surface area contributed by atoms with Crippen molar-refractivity contribution in [3.63, 3.8) is 0 Å². The predicted octanol–water partition coefficient (Wildman–Crippen LogP) is 5.96. The summed E-state index contributed by atoms with van der Waals surface area (Å²) in [6.45, 7) is -0.903. The van der Waals surface area contributed by atoms with Gasteiger partial charge in [-0.1, -0.05) is 11.6 Å². The summed E-state index contributed by atoms with van der Waals surface area (Å²) in [4.78, 5) is 16.2. The van der Waals surface area contributed by atoms with E-state index in [0.717, 1.165) is 16.9 Å². The maximum absolute atomic E-state index is 13.4. The number of anilines is 1. The minimum atomic E-state index is -4.62. The molecule has 2 atom stereocenters. The largest absolute Gasteiger partial charge is 0.433 e. The van der Waals surface area contributed by atoms with Crippen LogP contribution in [0.5, 0.6) is 0 Å². The van der Waals surface area contributed by atoms with Crippen LogP contribution in [0.15, 0.2) is 40.7 Å². The molecule has 1 aromatic carbocycles. The Morgan fingerprint density at radius 1 is 1.31 bits per heavy atom. The van der Waals surface area contributed by atoms with Gasteiger partial charge < -0.3 is 5.32 Å². The Morgan fingerprint density at radius 2 is 2.11 bits per heavy atom. The van der Waals surface area contributed by atoms with Gasteiger partial charge in [0.05, 0.1) is 29.9 Å². The molecule has 0 radical (unpaired) electrons. The van der Waals surface area contributed by atoms with Gasteiger partial charge in [0, 0.05) is 22.1 Å². The lowest BCUT2D eigenvalue weighted by atomic mass is 9.91. The topological polar surface area (TPSA) is 108 Å². The quantitative estimate of drug-likeness (QED) is 0.318. The third kappa shape index (κ3) is 5.62. The molecule has 2 heterocycles. The van der Waals surface area contributed by atoms with E-state index in [-0.39, 0.29) is 41.1 Å². The van der Waals surface area contributed by atoms with Crippen LogP contribution in [0.25, 0.3) is 10.9 Å². The zero-order valence-corrected chi connectivity index (χ0v) is 19.5. The molecule has 1 aliphatic carbocycles. The Hall–Kier alpha value is -3.59. The van der Waals surface area contributed by atoms with Gasteiger partial charge in [0.25, 0.3) is 5.91 Å². The molecule has 2 aromatic heterocycles. The maximum Gasteiger partial charge on any atom is 0.433 e. The van der Waals surface area contributed by atoms with Gasteiger partial charge >= 0.3 is 6.18 Å². The summed E-state index contributed by atoms with van der Waals surface area (Å²) in [5, 5.41) is 25.0. The highest BCUT2D eigenvalue weighted by molar-refractivity contribution is 6.31. The number of hydrogen-bond donors (Lipinski definition) is 1. The van der Waals surface area contributed by atoms with E-state index in [1.807, 2.05) is 6.07 Å². The zero-order valence-electron chi connectivity index (χ0n) is 18.8. The second-order valence-corrected chi connectivity index (χ2v) is 8.76. The number of nitrogens with zero attached hydrogens (tertiary/aromatic N) is 6. The molecule has 0 saturated heterocycles. The highest BCUT2D eigenvalue weighted by Crippen LogP contribution is 2.35. The summed E-state index contributed by atoms with van der Waals surface area (Å²) in [5.74, 6) is -0.767. The van der Waals surface area contributed by atoms with Gasteiger partial charge in [0.15, 0.2) is 5.69 Å². The van der Waals surface area contributed by atoms with Crippen LogP contribution in [0.2, 0.25) is 5.02 Å². The Labute approximate surface area is 208 Å². The van der Waals surface area contributed by atoms with Gasteiger partial charge in [-0.25, -0.2) is 9.37 Å². The molecule has 36 heavy (non-hydrogen) atoms. The molecular weight excluding hydrogens is 502 g/mol. The van der Waals surface area contributed by atoms with E-state index in [0.29, 0.717) is 36.1 Å². The second-order valence-electron chi connectivity index (χ2n) is 8.33. The van der Waals surface area contributed by atoms with Crippen LogP contribution in [-0.2, 0) is 12.7 Å². The molecule has 1 amide bonds. The fraction of sp³-hybridized carbons (Fsp3) is 0.391. The molecule has 1 unspecified atom stereocenters. The number of amides is 1. The van der Waals surface area contributed by atoms with Gasteiger partial charge in [-0.05, 0) is 49.9 Å². The molecule has 0 bridgehead atoms. The highest BCUT2D eigenvalue weighted by atomic mass is 35.5. The van der Waals surface area contributed by atoms with Crippen molar-refractivity contribution in [3.8, 4) is 6.07 Å². The van der Waals surface area contributed by atoms with Crippen LogP contribution < -0.4 is 5.32 Å². The van der Waals surface area contributed by atoms with Crippen LogP contribution in [-0.4, -0.2) is 39.4 Å². The molecule has 13 heteroatoms. The average Bonchev–Trinajstić information content (AvgIpc) is 3.25. The fourth-order valence-electron chi connectivity index (χ4n) is 4.18. The maximum atomic E-state index is 13.4. The first-order chi connectivity index (χ1) is 17.2. The molecule has 0 aliphatic heterocycles. The number of benzene rings is 1. The first kappa shape index (κ1) is 25.5. The number of rotatable bonds is 6. The number of pyridine rings is 1. The monoisotopic (exact) mass is 521 g/mol. The Bertz CT molecular complexity index is 1350. The molecule has 1 saturated carbocycles. The first-order valence-electron chi connectivity index (χ1n) is 11.1. The van der Waals surface area contributed by atoms with E-state index in [1.165, 1.54) is 12.1 Å². The number of carbonyl (C=O) groups excluding carboxylic acids is 1. The fourth-order valence-corrected chi connectivity index (χ4v) is 4.35. The van der Waals surface area contributed by atoms with E-state index >= 15 is 0 Å². The Kier molecular flexibility index (Phi) is 7.49. The molecule has 1 fully saturated rings. The summed E-state index contributed by atoms with van der Waals surface area (Å²) in [6.07, 6.45) is -1.01. The number of nitrogens with one attached hydrogen (secondary N) is 1.